The predicted octanol–water partition coefficient (Wildman–Crippen LogP) is 3.72. The molecular weight excluding hydrogens is 382 g/mol. The molecule has 124 valence electrons. The molecule has 2 aromatic carbocycles. The molecule has 4 nitrogen and oxygen atoms in total. The Balaban J connectivity index is 1.74. The number of halogens is 3. The number of anilines is 2. The Hall–Kier alpha value is -2.28. The minimum atomic E-state index is -0.824. The van der Waals surface area contributed by atoms with Gasteiger partial charge in [-0.25, -0.2) is 8.78 Å². The Morgan fingerprint density at radius 2 is 1.96 bits per heavy atom. The molecule has 3 rings (SSSR count). The van der Waals surface area contributed by atoms with Crippen molar-refractivity contribution in [2.45, 2.75) is 6.42 Å². The molecule has 1 aliphatic rings. The number of nitrogens with one attached hydrogen (secondary N) is 1. The highest BCUT2D eigenvalue weighted by Gasteiger charge is 2.36. The van der Waals surface area contributed by atoms with Crippen molar-refractivity contribution in [2.75, 3.05) is 16.8 Å². The summed E-state index contributed by atoms with van der Waals surface area (Å²) in [7, 11) is 0. The molecule has 0 radical (unpaired) electrons. The molecule has 1 N–H and O–H groups in total. The van der Waals surface area contributed by atoms with Crippen LogP contribution in [0.1, 0.15) is 6.42 Å². The first-order valence-corrected chi connectivity index (χ1v) is 8.06. The van der Waals surface area contributed by atoms with Gasteiger partial charge >= 0.3 is 0 Å². The lowest BCUT2D eigenvalue weighted by Gasteiger charge is -2.17. The van der Waals surface area contributed by atoms with Crippen LogP contribution in [-0.2, 0) is 9.59 Å². The minimum absolute atomic E-state index is 0.0161. The Bertz CT molecular complexity index is 813. The summed E-state index contributed by atoms with van der Waals surface area (Å²) in [5.74, 6) is -2.83. The van der Waals surface area contributed by atoms with Crippen molar-refractivity contribution < 1.29 is 18.4 Å². The molecule has 24 heavy (non-hydrogen) atoms. The van der Waals surface area contributed by atoms with Gasteiger partial charge in [0, 0.05) is 23.5 Å². The van der Waals surface area contributed by atoms with Gasteiger partial charge in [0.15, 0.2) is 0 Å². The number of rotatable bonds is 3. The maximum Gasteiger partial charge on any atom is 0.229 e. The van der Waals surface area contributed by atoms with Gasteiger partial charge < -0.3 is 10.2 Å². The third-order valence-electron chi connectivity index (χ3n) is 3.83. The topological polar surface area (TPSA) is 49.4 Å². The summed E-state index contributed by atoms with van der Waals surface area (Å²) in [5, 5.41) is 2.75. The van der Waals surface area contributed by atoms with Crippen molar-refractivity contribution in [3.05, 3.63) is 58.6 Å². The van der Waals surface area contributed by atoms with Gasteiger partial charge in [0.2, 0.25) is 11.8 Å². The van der Waals surface area contributed by atoms with E-state index in [0.29, 0.717) is 5.69 Å². The Labute approximate surface area is 145 Å². The van der Waals surface area contributed by atoms with Crippen LogP contribution < -0.4 is 10.2 Å². The second-order valence-electron chi connectivity index (χ2n) is 5.47. The Morgan fingerprint density at radius 3 is 2.67 bits per heavy atom. The molecule has 7 heteroatoms. The van der Waals surface area contributed by atoms with Crippen LogP contribution in [0.2, 0.25) is 0 Å². The number of para-hydroxylation sites is 1. The van der Waals surface area contributed by atoms with E-state index in [2.05, 4.69) is 21.2 Å². The highest BCUT2D eigenvalue weighted by atomic mass is 79.9. The summed E-state index contributed by atoms with van der Waals surface area (Å²) in [6.07, 6.45) is -0.0207. The van der Waals surface area contributed by atoms with Crippen LogP contribution >= 0.6 is 15.9 Å². The predicted molar refractivity (Wildman–Crippen MR) is 89.6 cm³/mol. The first-order valence-electron chi connectivity index (χ1n) is 7.26. The van der Waals surface area contributed by atoms with Crippen LogP contribution in [0, 0.1) is 17.6 Å². The van der Waals surface area contributed by atoms with Crippen LogP contribution in [0.15, 0.2) is 46.9 Å². The number of carbonyl (C=O) groups excluding carboxylic acids is 2. The molecule has 1 unspecified atom stereocenters. The molecule has 1 fully saturated rings. The van der Waals surface area contributed by atoms with E-state index in [1.165, 1.54) is 11.0 Å². The molecule has 0 bridgehead atoms. The zero-order chi connectivity index (χ0) is 17.3. The highest BCUT2D eigenvalue weighted by molar-refractivity contribution is 9.10. The molecular formula is C17H13BrF2N2O2. The first-order chi connectivity index (χ1) is 11.5. The molecule has 0 spiro atoms. The summed E-state index contributed by atoms with van der Waals surface area (Å²) in [6.45, 7) is 0.0532. The fourth-order valence-corrected chi connectivity index (χ4v) is 3.00. The van der Waals surface area contributed by atoms with Gasteiger partial charge in [-0.2, -0.15) is 0 Å². The molecule has 0 saturated carbocycles. The zero-order valence-electron chi connectivity index (χ0n) is 12.4. The van der Waals surface area contributed by atoms with Gasteiger partial charge in [-0.15, -0.1) is 0 Å². The van der Waals surface area contributed by atoms with Crippen LogP contribution in [0.3, 0.4) is 0 Å². The van der Waals surface area contributed by atoms with Gasteiger partial charge in [-0.1, -0.05) is 12.1 Å². The van der Waals surface area contributed by atoms with E-state index in [0.717, 1.165) is 16.6 Å². The van der Waals surface area contributed by atoms with Crippen LogP contribution in [0.4, 0.5) is 20.2 Å². The third kappa shape index (κ3) is 3.31. The molecule has 1 atom stereocenters. The van der Waals surface area contributed by atoms with Crippen molar-refractivity contribution in [1.29, 1.82) is 0 Å². The molecule has 0 aliphatic carbocycles. The summed E-state index contributed by atoms with van der Waals surface area (Å²) < 4.78 is 27.6. The Morgan fingerprint density at radius 1 is 1.21 bits per heavy atom. The molecule has 2 amide bonds. The monoisotopic (exact) mass is 394 g/mol. The summed E-state index contributed by atoms with van der Waals surface area (Å²) in [6, 6.07) is 10.1. The average Bonchev–Trinajstić information content (AvgIpc) is 2.91. The van der Waals surface area contributed by atoms with Crippen molar-refractivity contribution in [1.82, 2.24) is 0 Å². The van der Waals surface area contributed by atoms with Crippen LogP contribution in [0.25, 0.3) is 0 Å². The lowest BCUT2D eigenvalue weighted by Crippen LogP contribution is -2.28. The molecule has 1 heterocycles. The van der Waals surface area contributed by atoms with Crippen molar-refractivity contribution >= 4 is 39.1 Å². The second-order valence-corrected chi connectivity index (χ2v) is 6.32. The van der Waals surface area contributed by atoms with E-state index in [9.17, 15) is 18.4 Å². The van der Waals surface area contributed by atoms with Gasteiger partial charge in [0.1, 0.15) is 11.6 Å². The Kier molecular flexibility index (Phi) is 4.62. The summed E-state index contributed by atoms with van der Waals surface area (Å²) >= 11 is 3.33. The van der Waals surface area contributed by atoms with E-state index < -0.39 is 17.6 Å². The van der Waals surface area contributed by atoms with E-state index in [-0.39, 0.29) is 30.5 Å². The largest absolute Gasteiger partial charge is 0.325 e. The quantitative estimate of drug-likeness (QED) is 0.862. The summed E-state index contributed by atoms with van der Waals surface area (Å²) in [4.78, 5) is 25.7. The molecule has 0 aromatic heterocycles. The van der Waals surface area contributed by atoms with Crippen molar-refractivity contribution in [3.8, 4) is 0 Å². The number of hydrogen-bond donors (Lipinski definition) is 1. The number of hydrogen-bond acceptors (Lipinski definition) is 2. The number of amides is 2. The van der Waals surface area contributed by atoms with E-state index in [1.807, 2.05) is 6.07 Å². The lowest BCUT2D eigenvalue weighted by molar-refractivity contribution is -0.122. The first kappa shape index (κ1) is 16.6. The molecule has 1 aliphatic heterocycles. The second kappa shape index (κ2) is 6.68. The maximum atomic E-state index is 13.9. The minimum Gasteiger partial charge on any atom is -0.325 e. The van der Waals surface area contributed by atoms with Gasteiger partial charge in [0.05, 0.1) is 17.3 Å². The number of nitrogens with zero attached hydrogens (tertiary/aromatic N) is 1. The van der Waals surface area contributed by atoms with Crippen molar-refractivity contribution in [2.24, 2.45) is 5.92 Å². The van der Waals surface area contributed by atoms with E-state index >= 15 is 0 Å². The van der Waals surface area contributed by atoms with E-state index in [1.54, 1.807) is 18.2 Å². The SMILES string of the molecule is O=C(Nc1ccccc1Br)C1CC(=O)N(c2ccc(F)cc2F)C1. The number of carbonyl (C=O) groups is 2. The normalized spacial score (nSPS) is 17.2. The highest BCUT2D eigenvalue weighted by Crippen LogP contribution is 2.29. The van der Waals surface area contributed by atoms with Crippen LogP contribution in [0.5, 0.6) is 0 Å². The third-order valence-corrected chi connectivity index (χ3v) is 4.52. The van der Waals surface area contributed by atoms with Crippen molar-refractivity contribution in [3.63, 3.8) is 0 Å². The fraction of sp³-hybridized carbons (Fsp3) is 0.176. The van der Waals surface area contributed by atoms with Gasteiger partial charge in [0.25, 0.3) is 0 Å². The van der Waals surface area contributed by atoms with Gasteiger partial charge in [-0.3, -0.25) is 9.59 Å². The number of benzene rings is 2. The van der Waals surface area contributed by atoms with Gasteiger partial charge in [-0.05, 0) is 40.2 Å². The lowest BCUT2D eigenvalue weighted by atomic mass is 10.1. The molecule has 1 saturated heterocycles. The van der Waals surface area contributed by atoms with E-state index in [4.69, 9.17) is 0 Å². The standard InChI is InChI=1S/C17H13BrF2N2O2/c18-12-3-1-2-4-14(12)21-17(24)10-7-16(23)22(9-10)15-6-5-11(19)8-13(15)20/h1-6,8,10H,7,9H2,(H,21,24). The zero-order valence-corrected chi connectivity index (χ0v) is 14.0. The summed E-state index contributed by atoms with van der Waals surface area (Å²) in [5.41, 5.74) is 0.582. The average molecular weight is 395 g/mol. The maximum absolute atomic E-state index is 13.9. The fourth-order valence-electron chi connectivity index (χ4n) is 2.61. The molecule has 2 aromatic rings. The van der Waals surface area contributed by atoms with Crippen LogP contribution in [-0.4, -0.2) is 18.4 Å². The smallest absolute Gasteiger partial charge is 0.229 e.